The zero-order valence-corrected chi connectivity index (χ0v) is 17.8. The summed E-state index contributed by atoms with van der Waals surface area (Å²) in [5.74, 6) is 1.92. The normalized spacial score (nSPS) is 11.2. The van der Waals surface area contributed by atoms with Crippen LogP contribution in [-0.2, 0) is 6.61 Å². The highest BCUT2D eigenvalue weighted by molar-refractivity contribution is 7.98. The number of aryl methyl sites for hydroxylation is 1. The van der Waals surface area contributed by atoms with Crippen molar-refractivity contribution in [2.75, 3.05) is 13.4 Å². The summed E-state index contributed by atoms with van der Waals surface area (Å²) >= 11 is 13.6. The molecule has 3 aromatic rings. The Morgan fingerprint density at radius 3 is 2.68 bits per heavy atom. The van der Waals surface area contributed by atoms with Gasteiger partial charge in [0.1, 0.15) is 6.61 Å². The van der Waals surface area contributed by atoms with Crippen LogP contribution in [0.25, 0.3) is 0 Å². The molecular weight excluding hydrogens is 419 g/mol. The van der Waals surface area contributed by atoms with Gasteiger partial charge in [0, 0.05) is 15.6 Å². The first kappa shape index (κ1) is 20.5. The molecule has 0 bridgehead atoms. The molecule has 1 aromatic heterocycles. The van der Waals surface area contributed by atoms with E-state index in [0.717, 1.165) is 16.3 Å². The number of hydrogen-bond donors (Lipinski definition) is 0. The Bertz CT molecular complexity index is 1010. The first-order chi connectivity index (χ1) is 13.5. The Morgan fingerprint density at radius 1 is 1.14 bits per heavy atom. The number of rotatable bonds is 7. The average molecular weight is 437 g/mol. The van der Waals surface area contributed by atoms with Gasteiger partial charge in [-0.2, -0.15) is 9.78 Å². The number of methoxy groups -OCH3 is 1. The Hall–Kier alpha value is -2.22. The minimum Gasteiger partial charge on any atom is -0.493 e. The van der Waals surface area contributed by atoms with Crippen LogP contribution in [0.2, 0.25) is 10.0 Å². The second-order valence-electron chi connectivity index (χ2n) is 5.72. The van der Waals surface area contributed by atoms with Gasteiger partial charge in [0.05, 0.1) is 13.3 Å². The molecule has 0 aliphatic carbocycles. The van der Waals surface area contributed by atoms with Gasteiger partial charge in [-0.3, -0.25) is 0 Å². The van der Waals surface area contributed by atoms with Crippen molar-refractivity contribution in [1.82, 2.24) is 14.9 Å². The van der Waals surface area contributed by atoms with Crippen molar-refractivity contribution in [2.45, 2.75) is 18.7 Å². The van der Waals surface area contributed by atoms with Gasteiger partial charge in [-0.15, -0.1) is 10.2 Å². The van der Waals surface area contributed by atoms with Crippen LogP contribution in [0.3, 0.4) is 0 Å². The topological polar surface area (TPSA) is 61.5 Å². The predicted octanol–water partition coefficient (Wildman–Crippen LogP) is 5.09. The van der Waals surface area contributed by atoms with Gasteiger partial charge in [-0.1, -0.05) is 41.0 Å². The highest BCUT2D eigenvalue weighted by atomic mass is 35.5. The molecule has 2 aromatic carbocycles. The second kappa shape index (κ2) is 9.32. The lowest BCUT2D eigenvalue weighted by Gasteiger charge is -2.12. The maximum Gasteiger partial charge on any atom is 0.211 e. The minimum absolute atomic E-state index is 0.302. The van der Waals surface area contributed by atoms with Gasteiger partial charge in [-0.25, -0.2) is 0 Å². The maximum absolute atomic E-state index is 6.19. The van der Waals surface area contributed by atoms with Crippen LogP contribution in [0, 0.1) is 6.92 Å². The van der Waals surface area contributed by atoms with Crippen molar-refractivity contribution in [2.24, 2.45) is 5.10 Å². The van der Waals surface area contributed by atoms with Gasteiger partial charge in [0.15, 0.2) is 17.3 Å². The molecule has 9 heteroatoms. The lowest BCUT2D eigenvalue weighted by Crippen LogP contribution is -2.00. The molecule has 0 N–H and O–H groups in total. The van der Waals surface area contributed by atoms with Crippen LogP contribution in [0.15, 0.2) is 46.7 Å². The molecule has 1 heterocycles. The standard InChI is InChI=1S/C19H18Cl2N4O2S/c1-12-23-24-19(28-3)25(12)22-10-13-4-7-17(18(8-13)26-2)27-11-14-5-6-15(20)9-16(14)21/h4-10H,11H2,1-3H3/b22-10-. The first-order valence-electron chi connectivity index (χ1n) is 8.27. The molecule has 0 saturated carbocycles. The van der Waals surface area contributed by atoms with Gasteiger partial charge in [0.2, 0.25) is 5.16 Å². The van der Waals surface area contributed by atoms with E-state index in [1.807, 2.05) is 37.4 Å². The Balaban J connectivity index is 1.76. The van der Waals surface area contributed by atoms with E-state index < -0.39 is 0 Å². The zero-order chi connectivity index (χ0) is 20.1. The van der Waals surface area contributed by atoms with E-state index in [-0.39, 0.29) is 0 Å². The van der Waals surface area contributed by atoms with Crippen molar-refractivity contribution in [3.05, 3.63) is 63.4 Å². The molecule has 28 heavy (non-hydrogen) atoms. The highest BCUT2D eigenvalue weighted by Gasteiger charge is 2.09. The minimum atomic E-state index is 0.302. The molecule has 3 rings (SSSR count). The largest absolute Gasteiger partial charge is 0.493 e. The summed E-state index contributed by atoms with van der Waals surface area (Å²) in [6, 6.07) is 10.9. The smallest absolute Gasteiger partial charge is 0.211 e. The lowest BCUT2D eigenvalue weighted by molar-refractivity contribution is 0.284. The third-order valence-electron chi connectivity index (χ3n) is 3.86. The molecule has 0 unspecified atom stereocenters. The highest BCUT2D eigenvalue weighted by Crippen LogP contribution is 2.30. The van der Waals surface area contributed by atoms with Gasteiger partial charge < -0.3 is 9.47 Å². The van der Waals surface area contributed by atoms with Crippen molar-refractivity contribution in [3.8, 4) is 11.5 Å². The summed E-state index contributed by atoms with van der Waals surface area (Å²) in [5, 5.41) is 14.4. The molecule has 0 fully saturated rings. The Labute approximate surface area is 177 Å². The van der Waals surface area contributed by atoms with Crippen molar-refractivity contribution in [3.63, 3.8) is 0 Å². The van der Waals surface area contributed by atoms with E-state index in [1.165, 1.54) is 11.8 Å². The zero-order valence-electron chi connectivity index (χ0n) is 15.5. The summed E-state index contributed by atoms with van der Waals surface area (Å²) in [7, 11) is 1.59. The maximum atomic E-state index is 6.19. The summed E-state index contributed by atoms with van der Waals surface area (Å²) < 4.78 is 13.0. The number of benzene rings is 2. The third-order valence-corrected chi connectivity index (χ3v) is 5.07. The average Bonchev–Trinajstić information content (AvgIpc) is 3.05. The number of aromatic nitrogens is 3. The molecule has 0 spiro atoms. The van der Waals surface area contributed by atoms with Crippen LogP contribution in [0.4, 0.5) is 0 Å². The number of ether oxygens (including phenoxy) is 2. The fraction of sp³-hybridized carbons (Fsp3) is 0.211. The van der Waals surface area contributed by atoms with Crippen LogP contribution in [0.5, 0.6) is 11.5 Å². The number of halogens is 2. The van der Waals surface area contributed by atoms with Gasteiger partial charge in [-0.05, 0) is 49.1 Å². The fourth-order valence-electron chi connectivity index (χ4n) is 2.40. The molecule has 6 nitrogen and oxygen atoms in total. The molecule has 0 radical (unpaired) electrons. The summed E-state index contributed by atoms with van der Waals surface area (Å²) in [4.78, 5) is 0. The third kappa shape index (κ3) is 4.79. The van der Waals surface area contributed by atoms with Crippen LogP contribution >= 0.6 is 35.0 Å². The Kier molecular flexibility index (Phi) is 6.83. The molecule has 146 valence electrons. The van der Waals surface area contributed by atoms with E-state index >= 15 is 0 Å². The summed E-state index contributed by atoms with van der Waals surface area (Å²) in [6.45, 7) is 2.15. The fourth-order valence-corrected chi connectivity index (χ4v) is 3.34. The van der Waals surface area contributed by atoms with Gasteiger partial charge in [0.25, 0.3) is 0 Å². The summed E-state index contributed by atoms with van der Waals surface area (Å²) in [5.41, 5.74) is 1.69. The first-order valence-corrected chi connectivity index (χ1v) is 10.2. The molecule has 0 aliphatic heterocycles. The van der Waals surface area contributed by atoms with E-state index in [4.69, 9.17) is 32.7 Å². The van der Waals surface area contributed by atoms with E-state index in [0.29, 0.717) is 34.0 Å². The number of nitrogens with zero attached hydrogens (tertiary/aromatic N) is 4. The molecule has 0 amide bonds. The molecular formula is C19H18Cl2N4O2S. The lowest BCUT2D eigenvalue weighted by atomic mass is 10.2. The van der Waals surface area contributed by atoms with E-state index in [2.05, 4.69) is 15.3 Å². The quantitative estimate of drug-likeness (QED) is 0.381. The van der Waals surface area contributed by atoms with E-state index in [1.54, 1.807) is 30.1 Å². The van der Waals surface area contributed by atoms with Crippen molar-refractivity contribution >= 4 is 41.2 Å². The van der Waals surface area contributed by atoms with Crippen LogP contribution < -0.4 is 9.47 Å². The molecule has 0 atom stereocenters. The SMILES string of the molecule is COc1cc(/C=N\n2c(C)nnc2SC)ccc1OCc1ccc(Cl)cc1Cl. The Morgan fingerprint density at radius 2 is 1.96 bits per heavy atom. The number of hydrogen-bond acceptors (Lipinski definition) is 6. The molecule has 0 aliphatic rings. The predicted molar refractivity (Wildman–Crippen MR) is 113 cm³/mol. The molecule has 0 saturated heterocycles. The monoisotopic (exact) mass is 436 g/mol. The number of thioether (sulfide) groups is 1. The van der Waals surface area contributed by atoms with Crippen molar-refractivity contribution in [1.29, 1.82) is 0 Å². The van der Waals surface area contributed by atoms with Crippen LogP contribution in [-0.4, -0.2) is 34.5 Å². The summed E-state index contributed by atoms with van der Waals surface area (Å²) in [6.07, 6.45) is 3.65. The van der Waals surface area contributed by atoms with E-state index in [9.17, 15) is 0 Å². The van der Waals surface area contributed by atoms with Crippen molar-refractivity contribution < 1.29 is 9.47 Å². The van der Waals surface area contributed by atoms with Crippen LogP contribution in [0.1, 0.15) is 17.0 Å². The second-order valence-corrected chi connectivity index (χ2v) is 7.34. The van der Waals surface area contributed by atoms with Gasteiger partial charge >= 0.3 is 0 Å².